The summed E-state index contributed by atoms with van der Waals surface area (Å²) in [6.07, 6.45) is 0. The number of anilines is 1. The van der Waals surface area contributed by atoms with Gasteiger partial charge in [-0.15, -0.1) is 0 Å². The van der Waals surface area contributed by atoms with Gasteiger partial charge in [0, 0.05) is 8.04 Å². The van der Waals surface area contributed by atoms with Crippen molar-refractivity contribution in [1.82, 2.24) is 0 Å². The highest BCUT2D eigenvalue weighted by Crippen LogP contribution is 2.22. The van der Waals surface area contributed by atoms with Crippen LogP contribution in [0, 0.1) is 9.39 Å². The molecule has 0 saturated carbocycles. The van der Waals surface area contributed by atoms with E-state index < -0.39 is 15.8 Å². The van der Waals surface area contributed by atoms with E-state index in [2.05, 4.69) is 20.7 Å². The number of rotatable bonds is 3. The monoisotopic (exact) mass is 455 g/mol. The summed E-state index contributed by atoms with van der Waals surface area (Å²) in [5, 5.41) is 0. The van der Waals surface area contributed by atoms with Crippen LogP contribution < -0.4 is 4.72 Å². The van der Waals surface area contributed by atoms with E-state index in [1.807, 2.05) is 22.6 Å². The molecular formula is C12H8BrFINO2S. The van der Waals surface area contributed by atoms with Crippen LogP contribution >= 0.6 is 38.5 Å². The number of hydrogen-bond acceptors (Lipinski definition) is 2. The van der Waals surface area contributed by atoms with Crippen LogP contribution in [0.4, 0.5) is 10.1 Å². The molecule has 0 aliphatic heterocycles. The number of sulfonamides is 1. The van der Waals surface area contributed by atoms with Crippen molar-refractivity contribution >= 4 is 54.2 Å². The number of nitrogens with one attached hydrogen (secondary N) is 1. The lowest BCUT2D eigenvalue weighted by atomic mass is 10.3. The van der Waals surface area contributed by atoms with E-state index in [9.17, 15) is 12.8 Å². The fourth-order valence-electron chi connectivity index (χ4n) is 1.41. The molecule has 0 heterocycles. The molecule has 2 rings (SSSR count). The normalized spacial score (nSPS) is 11.3. The van der Waals surface area contributed by atoms with E-state index in [0.717, 1.165) is 0 Å². The molecule has 100 valence electrons. The molecule has 0 aromatic heterocycles. The second kappa shape index (κ2) is 5.76. The van der Waals surface area contributed by atoms with Crippen LogP contribution in [0.3, 0.4) is 0 Å². The van der Waals surface area contributed by atoms with Gasteiger partial charge >= 0.3 is 0 Å². The third-order valence-electron chi connectivity index (χ3n) is 2.28. The van der Waals surface area contributed by atoms with Gasteiger partial charge in [-0.25, -0.2) is 12.8 Å². The molecule has 19 heavy (non-hydrogen) atoms. The van der Waals surface area contributed by atoms with E-state index >= 15 is 0 Å². The molecule has 3 nitrogen and oxygen atoms in total. The molecule has 1 N–H and O–H groups in total. The van der Waals surface area contributed by atoms with Gasteiger partial charge in [0.25, 0.3) is 10.0 Å². The second-order valence-electron chi connectivity index (χ2n) is 3.69. The topological polar surface area (TPSA) is 46.2 Å². The zero-order chi connectivity index (χ0) is 14.0. The fraction of sp³-hybridized carbons (Fsp3) is 0. The lowest BCUT2D eigenvalue weighted by Gasteiger charge is -2.09. The van der Waals surface area contributed by atoms with E-state index in [0.29, 0.717) is 8.04 Å². The summed E-state index contributed by atoms with van der Waals surface area (Å²) in [5.41, 5.74) is -0.0691. The van der Waals surface area contributed by atoms with Crippen LogP contribution in [-0.2, 0) is 10.0 Å². The lowest BCUT2D eigenvalue weighted by Crippen LogP contribution is -2.14. The molecule has 0 aliphatic rings. The molecule has 0 saturated heterocycles. The predicted octanol–water partition coefficient (Wildman–Crippen LogP) is 3.99. The summed E-state index contributed by atoms with van der Waals surface area (Å²) in [5.74, 6) is -0.606. The summed E-state index contributed by atoms with van der Waals surface area (Å²) in [6, 6.07) is 10.5. The summed E-state index contributed by atoms with van der Waals surface area (Å²) in [4.78, 5) is 0.0693. The van der Waals surface area contributed by atoms with Crippen LogP contribution in [0.1, 0.15) is 0 Å². The van der Waals surface area contributed by atoms with E-state index in [1.165, 1.54) is 24.3 Å². The molecule has 0 bridgehead atoms. The molecule has 0 spiro atoms. The van der Waals surface area contributed by atoms with Crippen molar-refractivity contribution in [3.05, 3.63) is 56.3 Å². The van der Waals surface area contributed by atoms with Crippen molar-refractivity contribution in [3.8, 4) is 0 Å². The number of halogens is 3. The maximum Gasteiger partial charge on any atom is 0.262 e. The molecule has 7 heteroatoms. The molecule has 0 aliphatic carbocycles. The maximum absolute atomic E-state index is 13.6. The van der Waals surface area contributed by atoms with Gasteiger partial charge in [0.2, 0.25) is 0 Å². The van der Waals surface area contributed by atoms with Crippen molar-refractivity contribution in [3.63, 3.8) is 0 Å². The highest BCUT2D eigenvalue weighted by Gasteiger charge is 2.16. The largest absolute Gasteiger partial charge is 0.277 e. The first-order valence-electron chi connectivity index (χ1n) is 5.12. The van der Waals surface area contributed by atoms with Crippen molar-refractivity contribution in [2.24, 2.45) is 0 Å². The Morgan fingerprint density at radius 1 is 1.16 bits per heavy atom. The quantitative estimate of drug-likeness (QED) is 0.711. The molecule has 0 radical (unpaired) electrons. The Balaban J connectivity index is 2.36. The molecule has 2 aromatic rings. The smallest absolute Gasteiger partial charge is 0.262 e. The average Bonchev–Trinajstić information content (AvgIpc) is 2.33. The zero-order valence-corrected chi connectivity index (χ0v) is 14.0. The highest BCUT2D eigenvalue weighted by molar-refractivity contribution is 14.1. The molecule has 0 fully saturated rings. The van der Waals surface area contributed by atoms with E-state index in [1.54, 1.807) is 18.2 Å². The van der Waals surface area contributed by atoms with Gasteiger partial charge in [0.1, 0.15) is 5.82 Å². The molecular weight excluding hydrogens is 448 g/mol. The summed E-state index contributed by atoms with van der Waals surface area (Å²) >= 11 is 5.15. The molecule has 0 atom stereocenters. The van der Waals surface area contributed by atoms with Crippen LogP contribution in [0.15, 0.2) is 51.8 Å². The first kappa shape index (κ1) is 14.7. The minimum Gasteiger partial charge on any atom is -0.277 e. The fourth-order valence-corrected chi connectivity index (χ4v) is 3.53. The van der Waals surface area contributed by atoms with Crippen LogP contribution in [0.5, 0.6) is 0 Å². The minimum absolute atomic E-state index is 0.0691. The second-order valence-corrected chi connectivity index (χ2v) is 7.53. The lowest BCUT2D eigenvalue weighted by molar-refractivity contribution is 0.598. The van der Waals surface area contributed by atoms with Gasteiger partial charge < -0.3 is 0 Å². The molecule has 0 unspecified atom stereocenters. The Bertz CT molecular complexity index is 721. The average molecular weight is 456 g/mol. The van der Waals surface area contributed by atoms with Crippen molar-refractivity contribution in [2.45, 2.75) is 4.90 Å². The first-order chi connectivity index (χ1) is 8.88. The highest BCUT2D eigenvalue weighted by atomic mass is 127. The van der Waals surface area contributed by atoms with Gasteiger partial charge in [-0.1, -0.05) is 22.0 Å². The Morgan fingerprint density at radius 3 is 2.53 bits per heavy atom. The van der Waals surface area contributed by atoms with E-state index in [4.69, 9.17) is 0 Å². The third kappa shape index (κ3) is 3.67. The third-order valence-corrected chi connectivity index (χ3v) is 4.81. The van der Waals surface area contributed by atoms with Crippen molar-refractivity contribution in [2.75, 3.05) is 4.72 Å². The SMILES string of the molecule is O=S(=O)(Nc1ccc(I)cc1F)c1cccc(Br)c1. The minimum atomic E-state index is -3.79. The van der Waals surface area contributed by atoms with Gasteiger partial charge in [-0.3, -0.25) is 4.72 Å². The van der Waals surface area contributed by atoms with Crippen molar-refractivity contribution in [1.29, 1.82) is 0 Å². The van der Waals surface area contributed by atoms with Gasteiger partial charge in [-0.05, 0) is 59.0 Å². The summed E-state index contributed by atoms with van der Waals surface area (Å²) in [7, 11) is -3.79. The summed E-state index contributed by atoms with van der Waals surface area (Å²) < 4.78 is 41.4. The molecule has 0 amide bonds. The standard InChI is InChI=1S/C12H8BrFINO2S/c13-8-2-1-3-10(6-8)19(17,18)16-12-5-4-9(15)7-11(12)14/h1-7,16H. The Morgan fingerprint density at radius 2 is 1.89 bits per heavy atom. The van der Waals surface area contributed by atoms with Gasteiger partial charge in [0.05, 0.1) is 10.6 Å². The maximum atomic E-state index is 13.6. The van der Waals surface area contributed by atoms with Gasteiger partial charge in [-0.2, -0.15) is 0 Å². The van der Waals surface area contributed by atoms with Gasteiger partial charge in [0.15, 0.2) is 0 Å². The van der Waals surface area contributed by atoms with Crippen LogP contribution in [0.25, 0.3) is 0 Å². The molecule has 2 aromatic carbocycles. The predicted molar refractivity (Wildman–Crippen MR) is 84.1 cm³/mol. The first-order valence-corrected chi connectivity index (χ1v) is 8.47. The zero-order valence-electron chi connectivity index (χ0n) is 9.40. The Labute approximate surface area is 132 Å². The van der Waals surface area contributed by atoms with Crippen LogP contribution in [-0.4, -0.2) is 8.42 Å². The summed E-state index contributed by atoms with van der Waals surface area (Å²) in [6.45, 7) is 0. The Kier molecular flexibility index (Phi) is 4.46. The Hall–Kier alpha value is -0.670. The van der Waals surface area contributed by atoms with E-state index in [-0.39, 0.29) is 10.6 Å². The number of hydrogen-bond donors (Lipinski definition) is 1. The van der Waals surface area contributed by atoms with Crippen LogP contribution in [0.2, 0.25) is 0 Å². The van der Waals surface area contributed by atoms with Crippen molar-refractivity contribution < 1.29 is 12.8 Å². The number of benzene rings is 2.